The van der Waals surface area contributed by atoms with Gasteiger partial charge in [0.1, 0.15) is 12.3 Å². The summed E-state index contributed by atoms with van der Waals surface area (Å²) < 4.78 is 50.0. The molecule has 30 heavy (non-hydrogen) atoms. The maximum atomic E-state index is 12.8. The zero-order valence-electron chi connectivity index (χ0n) is 15.7. The molecule has 0 amide bonds. The molecule has 0 aliphatic carbocycles. The maximum Gasteiger partial charge on any atom is 0.416 e. The number of nitro benzene ring substituents is 1. The molecule has 0 aromatic heterocycles. The van der Waals surface area contributed by atoms with E-state index in [0.717, 1.165) is 12.1 Å². The lowest BCUT2D eigenvalue weighted by molar-refractivity contribution is -0.384. The van der Waals surface area contributed by atoms with Crippen LogP contribution in [-0.2, 0) is 6.18 Å². The van der Waals surface area contributed by atoms with Gasteiger partial charge in [-0.3, -0.25) is 15.5 Å². The second-order valence-corrected chi connectivity index (χ2v) is 6.56. The monoisotopic (exact) mass is 487 g/mol. The molecule has 11 heteroatoms. The second kappa shape index (κ2) is 10.1. The van der Waals surface area contributed by atoms with Crippen molar-refractivity contribution in [2.75, 3.05) is 18.6 Å². The summed E-state index contributed by atoms with van der Waals surface area (Å²) in [5, 5.41) is 15.0. The Labute approximate surface area is 178 Å². The van der Waals surface area contributed by atoms with Crippen molar-refractivity contribution < 1.29 is 27.6 Å². The molecule has 0 unspecified atom stereocenters. The topological polar surface area (TPSA) is 86.0 Å². The normalized spacial score (nSPS) is 11.4. The summed E-state index contributed by atoms with van der Waals surface area (Å²) >= 11 is 3.37. The molecule has 2 aromatic rings. The summed E-state index contributed by atoms with van der Waals surface area (Å²) in [5.74, 6) is 0.927. The highest BCUT2D eigenvalue weighted by Crippen LogP contribution is 2.35. The van der Waals surface area contributed by atoms with Crippen molar-refractivity contribution in [2.45, 2.75) is 13.1 Å². The third-order valence-electron chi connectivity index (χ3n) is 3.63. The molecule has 2 aromatic carbocycles. The molecule has 0 fully saturated rings. The molecule has 7 nitrogen and oxygen atoms in total. The van der Waals surface area contributed by atoms with Gasteiger partial charge in [0.2, 0.25) is 0 Å². The van der Waals surface area contributed by atoms with Gasteiger partial charge >= 0.3 is 6.18 Å². The molecule has 0 saturated carbocycles. The number of rotatable bonds is 9. The van der Waals surface area contributed by atoms with Crippen molar-refractivity contribution in [1.82, 2.24) is 0 Å². The maximum absolute atomic E-state index is 12.8. The third-order valence-corrected chi connectivity index (χ3v) is 4.32. The van der Waals surface area contributed by atoms with Crippen LogP contribution >= 0.6 is 15.9 Å². The van der Waals surface area contributed by atoms with Gasteiger partial charge in [-0.2, -0.15) is 18.3 Å². The average Bonchev–Trinajstić information content (AvgIpc) is 2.68. The molecule has 0 bridgehead atoms. The molecule has 0 atom stereocenters. The number of hydrogen-bond acceptors (Lipinski definition) is 6. The number of hydrogen-bond donors (Lipinski definition) is 1. The first-order valence-electron chi connectivity index (χ1n) is 8.52. The first kappa shape index (κ1) is 23.2. The van der Waals surface area contributed by atoms with Crippen molar-refractivity contribution in [3.05, 3.63) is 68.7 Å². The fourth-order valence-electron chi connectivity index (χ4n) is 2.30. The van der Waals surface area contributed by atoms with E-state index in [2.05, 4.69) is 33.0 Å². The van der Waals surface area contributed by atoms with Crippen LogP contribution in [0.1, 0.15) is 18.1 Å². The number of benzene rings is 2. The van der Waals surface area contributed by atoms with E-state index in [1.165, 1.54) is 6.21 Å². The molecular formula is C19H17BrF3N3O4. The number of anilines is 1. The third kappa shape index (κ3) is 5.96. The number of nitro groups is 1. The molecular weight excluding hydrogens is 471 g/mol. The van der Waals surface area contributed by atoms with Gasteiger partial charge in [-0.1, -0.05) is 12.7 Å². The van der Waals surface area contributed by atoms with Gasteiger partial charge in [0.15, 0.2) is 11.5 Å². The van der Waals surface area contributed by atoms with Gasteiger partial charge in [-0.05, 0) is 47.1 Å². The molecule has 0 saturated heterocycles. The average molecular weight is 488 g/mol. The highest BCUT2D eigenvalue weighted by molar-refractivity contribution is 9.10. The smallest absolute Gasteiger partial charge is 0.416 e. The Balaban J connectivity index is 2.29. The van der Waals surface area contributed by atoms with E-state index in [9.17, 15) is 23.3 Å². The van der Waals surface area contributed by atoms with E-state index in [4.69, 9.17) is 9.47 Å². The van der Waals surface area contributed by atoms with Crippen LogP contribution in [0.15, 0.2) is 52.6 Å². The van der Waals surface area contributed by atoms with Crippen LogP contribution in [0.25, 0.3) is 0 Å². The van der Waals surface area contributed by atoms with Gasteiger partial charge in [0.05, 0.1) is 23.3 Å². The number of nitrogens with zero attached hydrogens (tertiary/aromatic N) is 2. The van der Waals surface area contributed by atoms with Gasteiger partial charge in [0.25, 0.3) is 5.69 Å². The van der Waals surface area contributed by atoms with E-state index in [0.29, 0.717) is 34.2 Å². The summed E-state index contributed by atoms with van der Waals surface area (Å²) in [4.78, 5) is 10.2. The van der Waals surface area contributed by atoms with Gasteiger partial charge < -0.3 is 9.47 Å². The van der Waals surface area contributed by atoms with Crippen LogP contribution in [0, 0.1) is 10.1 Å². The van der Waals surface area contributed by atoms with Crippen molar-refractivity contribution in [2.24, 2.45) is 5.10 Å². The summed E-state index contributed by atoms with van der Waals surface area (Å²) in [6, 6.07) is 5.44. The summed E-state index contributed by atoms with van der Waals surface area (Å²) in [5.41, 5.74) is 0.899. The zero-order valence-corrected chi connectivity index (χ0v) is 17.3. The Morgan fingerprint density at radius 3 is 2.57 bits per heavy atom. The summed E-state index contributed by atoms with van der Waals surface area (Å²) in [6.07, 6.45) is -1.77. The number of nitrogens with one attached hydrogen (secondary N) is 1. The lowest BCUT2D eigenvalue weighted by Crippen LogP contribution is -2.06. The fourth-order valence-corrected chi connectivity index (χ4v) is 2.73. The number of alkyl halides is 3. The Kier molecular flexibility index (Phi) is 7.81. The van der Waals surface area contributed by atoms with E-state index >= 15 is 0 Å². The molecule has 0 heterocycles. The van der Waals surface area contributed by atoms with Crippen molar-refractivity contribution in [1.29, 1.82) is 0 Å². The highest BCUT2D eigenvalue weighted by Gasteiger charge is 2.33. The first-order chi connectivity index (χ1) is 14.2. The van der Waals surface area contributed by atoms with E-state index < -0.39 is 22.4 Å². The second-order valence-electron chi connectivity index (χ2n) is 5.71. The molecule has 0 radical (unpaired) electrons. The Hall–Kier alpha value is -3.08. The largest absolute Gasteiger partial charge is 0.490 e. The van der Waals surface area contributed by atoms with Gasteiger partial charge in [-0.25, -0.2) is 0 Å². The van der Waals surface area contributed by atoms with Crippen molar-refractivity contribution >= 4 is 33.5 Å². The van der Waals surface area contributed by atoms with Crippen LogP contribution < -0.4 is 14.9 Å². The molecule has 1 N–H and O–H groups in total. The van der Waals surface area contributed by atoms with Crippen molar-refractivity contribution in [3.8, 4) is 11.5 Å². The SMILES string of the molecule is C=CCOc1cc(Br)c(/C=N\Nc2ccc(C(F)(F)F)cc2[N+](=O)[O-])cc1OCC. The van der Waals surface area contributed by atoms with E-state index in [1.54, 1.807) is 25.1 Å². The van der Waals surface area contributed by atoms with Gasteiger partial charge in [0, 0.05) is 16.1 Å². The summed E-state index contributed by atoms with van der Waals surface area (Å²) in [6.45, 7) is 6.05. The molecule has 0 aliphatic heterocycles. The molecule has 0 spiro atoms. The minimum Gasteiger partial charge on any atom is -0.490 e. The van der Waals surface area contributed by atoms with Crippen LogP contribution in [0.3, 0.4) is 0 Å². The lowest BCUT2D eigenvalue weighted by Gasteiger charge is -2.13. The molecule has 2 rings (SSSR count). The predicted molar refractivity (Wildman–Crippen MR) is 110 cm³/mol. The fraction of sp³-hybridized carbons (Fsp3) is 0.211. The minimum absolute atomic E-state index is 0.184. The predicted octanol–water partition coefficient (Wildman–Crippen LogP) is 5.79. The Bertz CT molecular complexity index is 965. The van der Waals surface area contributed by atoms with E-state index in [-0.39, 0.29) is 12.3 Å². The van der Waals surface area contributed by atoms with E-state index in [1.807, 2.05) is 0 Å². The Morgan fingerprint density at radius 2 is 1.97 bits per heavy atom. The lowest BCUT2D eigenvalue weighted by atomic mass is 10.1. The quantitative estimate of drug-likeness (QED) is 0.209. The van der Waals surface area contributed by atoms with Crippen LogP contribution in [0.2, 0.25) is 0 Å². The number of ether oxygens (including phenoxy) is 2. The first-order valence-corrected chi connectivity index (χ1v) is 9.31. The number of hydrazone groups is 1. The number of halogens is 4. The minimum atomic E-state index is -4.69. The van der Waals surface area contributed by atoms with Crippen LogP contribution in [0.5, 0.6) is 11.5 Å². The molecule has 0 aliphatic rings. The Morgan fingerprint density at radius 1 is 1.27 bits per heavy atom. The van der Waals surface area contributed by atoms with Gasteiger partial charge in [-0.15, -0.1) is 0 Å². The highest BCUT2D eigenvalue weighted by atomic mass is 79.9. The van der Waals surface area contributed by atoms with Crippen molar-refractivity contribution in [3.63, 3.8) is 0 Å². The standard InChI is InChI=1S/C19H17BrF3N3O4/c1-3-7-30-18-10-14(20)12(8-17(18)29-4-2)11-24-25-15-6-5-13(19(21,22)23)9-16(15)26(27)28/h3,5-6,8-11,25H,1,4,7H2,2H3/b24-11-. The van der Waals surface area contributed by atoms with Crippen LogP contribution in [-0.4, -0.2) is 24.4 Å². The van der Waals surface area contributed by atoms with Crippen LogP contribution in [0.4, 0.5) is 24.5 Å². The summed E-state index contributed by atoms with van der Waals surface area (Å²) in [7, 11) is 0. The molecule has 160 valence electrons. The zero-order chi connectivity index (χ0) is 22.3.